The smallest absolute Gasteiger partial charge is 0.255 e. The van der Waals surface area contributed by atoms with Gasteiger partial charge in [-0.1, -0.05) is 6.07 Å². The van der Waals surface area contributed by atoms with Crippen molar-refractivity contribution in [2.45, 2.75) is 6.54 Å². The molecule has 0 aliphatic carbocycles. The Morgan fingerprint density at radius 1 is 1.19 bits per heavy atom. The third-order valence-corrected chi connectivity index (χ3v) is 2.71. The molecule has 0 aliphatic rings. The molecule has 0 spiro atoms. The van der Waals surface area contributed by atoms with Crippen molar-refractivity contribution in [1.29, 1.82) is 0 Å². The van der Waals surface area contributed by atoms with E-state index < -0.39 is 17.5 Å². The number of amides is 1. The van der Waals surface area contributed by atoms with Crippen LogP contribution in [0.25, 0.3) is 0 Å². The van der Waals surface area contributed by atoms with Gasteiger partial charge in [0.05, 0.1) is 0 Å². The van der Waals surface area contributed by atoms with Gasteiger partial charge < -0.3 is 15.8 Å². The second-order valence-corrected chi connectivity index (χ2v) is 4.37. The van der Waals surface area contributed by atoms with Gasteiger partial charge in [0.2, 0.25) is 0 Å². The molecule has 0 radical (unpaired) electrons. The average Bonchev–Trinajstić information content (AvgIpc) is 2.46. The highest BCUT2D eigenvalue weighted by molar-refractivity contribution is 5.75. The van der Waals surface area contributed by atoms with Gasteiger partial charge in [-0.05, 0) is 30.3 Å². The molecule has 21 heavy (non-hydrogen) atoms. The minimum absolute atomic E-state index is 0.128. The van der Waals surface area contributed by atoms with Crippen LogP contribution in [0, 0.1) is 11.6 Å². The molecule has 2 aromatic carbocycles. The van der Waals surface area contributed by atoms with Crippen molar-refractivity contribution >= 4 is 11.6 Å². The molecule has 0 unspecified atom stereocenters. The van der Waals surface area contributed by atoms with Crippen molar-refractivity contribution in [3.63, 3.8) is 0 Å². The Bertz CT molecular complexity index is 647. The number of carbonyl (C=O) groups is 1. The van der Waals surface area contributed by atoms with Gasteiger partial charge >= 0.3 is 0 Å². The van der Waals surface area contributed by atoms with Crippen LogP contribution in [-0.2, 0) is 11.3 Å². The quantitative estimate of drug-likeness (QED) is 0.859. The second kappa shape index (κ2) is 6.69. The molecular formula is C15H14F2N2O2. The van der Waals surface area contributed by atoms with E-state index in [9.17, 15) is 13.6 Å². The van der Waals surface area contributed by atoms with Crippen LogP contribution < -0.4 is 15.8 Å². The van der Waals surface area contributed by atoms with E-state index in [1.54, 1.807) is 24.3 Å². The van der Waals surface area contributed by atoms with Gasteiger partial charge in [0.15, 0.2) is 6.61 Å². The lowest BCUT2D eigenvalue weighted by Crippen LogP contribution is -2.20. The number of anilines is 1. The fourth-order valence-electron chi connectivity index (χ4n) is 1.73. The Balaban J connectivity index is 2.01. The highest BCUT2D eigenvalue weighted by atomic mass is 19.1. The Hall–Kier alpha value is -2.63. The summed E-state index contributed by atoms with van der Waals surface area (Å²) < 4.78 is 31.7. The lowest BCUT2D eigenvalue weighted by atomic mass is 10.2. The number of ether oxygens (including phenoxy) is 1. The van der Waals surface area contributed by atoms with E-state index in [1.807, 2.05) is 0 Å². The summed E-state index contributed by atoms with van der Waals surface area (Å²) in [5, 5.41) is 2.95. The first-order chi connectivity index (χ1) is 10.0. The van der Waals surface area contributed by atoms with Crippen LogP contribution in [0.15, 0.2) is 42.5 Å². The van der Waals surface area contributed by atoms with Crippen molar-refractivity contribution in [3.05, 3.63) is 59.7 Å². The van der Waals surface area contributed by atoms with E-state index in [0.717, 1.165) is 18.2 Å². The van der Waals surface area contributed by atoms with Crippen molar-refractivity contribution in [2.75, 3.05) is 11.9 Å². The SMILES string of the molecule is NC(=O)COc1cccc(NCc2cc(F)ccc2F)c1. The molecule has 110 valence electrons. The van der Waals surface area contributed by atoms with Crippen LogP contribution in [0.5, 0.6) is 5.75 Å². The number of nitrogens with two attached hydrogens (primary N) is 1. The summed E-state index contributed by atoms with van der Waals surface area (Å²) in [6, 6.07) is 10.0. The first-order valence-corrected chi connectivity index (χ1v) is 6.23. The molecule has 2 rings (SSSR count). The lowest BCUT2D eigenvalue weighted by Gasteiger charge is -2.10. The molecule has 0 saturated carbocycles. The van der Waals surface area contributed by atoms with Crippen molar-refractivity contribution in [3.8, 4) is 5.75 Å². The maximum Gasteiger partial charge on any atom is 0.255 e. The number of halogens is 2. The fraction of sp³-hybridized carbons (Fsp3) is 0.133. The van der Waals surface area contributed by atoms with Gasteiger partial charge in [0.1, 0.15) is 17.4 Å². The highest BCUT2D eigenvalue weighted by Gasteiger charge is 2.04. The molecule has 3 N–H and O–H groups in total. The van der Waals surface area contributed by atoms with Crippen molar-refractivity contribution < 1.29 is 18.3 Å². The maximum absolute atomic E-state index is 13.5. The molecule has 0 fully saturated rings. The molecule has 0 aromatic heterocycles. The zero-order chi connectivity index (χ0) is 15.2. The maximum atomic E-state index is 13.5. The number of hydrogen-bond donors (Lipinski definition) is 2. The average molecular weight is 292 g/mol. The van der Waals surface area contributed by atoms with Crippen LogP contribution in [0.2, 0.25) is 0 Å². The van der Waals surface area contributed by atoms with Crippen LogP contribution >= 0.6 is 0 Å². The summed E-state index contributed by atoms with van der Waals surface area (Å²) in [7, 11) is 0. The minimum Gasteiger partial charge on any atom is -0.484 e. The summed E-state index contributed by atoms with van der Waals surface area (Å²) >= 11 is 0. The summed E-state index contributed by atoms with van der Waals surface area (Å²) in [6.07, 6.45) is 0. The van der Waals surface area contributed by atoms with Crippen molar-refractivity contribution in [1.82, 2.24) is 0 Å². The number of rotatable bonds is 6. The topological polar surface area (TPSA) is 64.4 Å². The number of nitrogens with one attached hydrogen (secondary N) is 1. The molecule has 6 heteroatoms. The molecule has 1 amide bonds. The van der Waals surface area contributed by atoms with Gasteiger partial charge in [-0.2, -0.15) is 0 Å². The predicted molar refractivity (Wildman–Crippen MR) is 74.8 cm³/mol. The molecule has 0 atom stereocenters. The molecule has 0 heterocycles. The number of primary amides is 1. The molecule has 0 aliphatic heterocycles. The first kappa shape index (κ1) is 14.8. The summed E-state index contributed by atoms with van der Waals surface area (Å²) in [5.41, 5.74) is 5.86. The third kappa shape index (κ3) is 4.45. The monoisotopic (exact) mass is 292 g/mol. The Labute approximate surface area is 120 Å². The molecule has 4 nitrogen and oxygen atoms in total. The van der Waals surface area contributed by atoms with E-state index in [1.165, 1.54) is 0 Å². The minimum atomic E-state index is -0.574. The van der Waals surface area contributed by atoms with E-state index in [-0.39, 0.29) is 18.7 Å². The normalized spacial score (nSPS) is 10.2. The zero-order valence-corrected chi connectivity index (χ0v) is 11.1. The van der Waals surface area contributed by atoms with Gasteiger partial charge in [0, 0.05) is 23.9 Å². The predicted octanol–water partition coefficient (Wildman–Crippen LogP) is 2.44. The summed E-state index contributed by atoms with van der Waals surface area (Å²) in [6.45, 7) is -0.0924. The summed E-state index contributed by atoms with van der Waals surface area (Å²) in [4.78, 5) is 10.6. The fourth-order valence-corrected chi connectivity index (χ4v) is 1.73. The van der Waals surface area contributed by atoms with Gasteiger partial charge in [-0.3, -0.25) is 4.79 Å². The number of carbonyl (C=O) groups excluding carboxylic acids is 1. The largest absolute Gasteiger partial charge is 0.484 e. The zero-order valence-electron chi connectivity index (χ0n) is 11.1. The number of benzene rings is 2. The Kier molecular flexibility index (Phi) is 4.71. The van der Waals surface area contributed by atoms with Crippen LogP contribution in [-0.4, -0.2) is 12.5 Å². The molecule has 0 bridgehead atoms. The first-order valence-electron chi connectivity index (χ1n) is 6.23. The van der Waals surface area contributed by atoms with Crippen LogP contribution in [0.1, 0.15) is 5.56 Å². The Morgan fingerprint density at radius 2 is 2.00 bits per heavy atom. The molecular weight excluding hydrogens is 278 g/mol. The summed E-state index contributed by atoms with van der Waals surface area (Å²) in [5.74, 6) is -1.09. The van der Waals surface area contributed by atoms with Crippen molar-refractivity contribution in [2.24, 2.45) is 5.73 Å². The van der Waals surface area contributed by atoms with Crippen LogP contribution in [0.3, 0.4) is 0 Å². The second-order valence-electron chi connectivity index (χ2n) is 4.37. The van der Waals surface area contributed by atoms with Gasteiger partial charge in [-0.15, -0.1) is 0 Å². The Morgan fingerprint density at radius 3 is 2.76 bits per heavy atom. The third-order valence-electron chi connectivity index (χ3n) is 2.71. The van der Waals surface area contributed by atoms with Gasteiger partial charge in [-0.25, -0.2) is 8.78 Å². The highest BCUT2D eigenvalue weighted by Crippen LogP contribution is 2.19. The number of hydrogen-bond acceptors (Lipinski definition) is 3. The lowest BCUT2D eigenvalue weighted by molar-refractivity contribution is -0.119. The van der Waals surface area contributed by atoms with Gasteiger partial charge in [0.25, 0.3) is 5.91 Å². The van der Waals surface area contributed by atoms with E-state index in [0.29, 0.717) is 11.4 Å². The molecule has 2 aromatic rings. The molecule has 0 saturated heterocycles. The standard InChI is InChI=1S/C15H14F2N2O2/c16-11-4-5-14(17)10(6-11)8-19-12-2-1-3-13(7-12)21-9-15(18)20/h1-7,19H,8-9H2,(H2,18,20). The van der Waals surface area contributed by atoms with E-state index in [4.69, 9.17) is 10.5 Å². The van der Waals surface area contributed by atoms with Crippen LogP contribution in [0.4, 0.5) is 14.5 Å². The van der Waals surface area contributed by atoms with E-state index in [2.05, 4.69) is 5.32 Å². The van der Waals surface area contributed by atoms with E-state index >= 15 is 0 Å².